The van der Waals surface area contributed by atoms with Crippen molar-refractivity contribution in [3.8, 4) is 0 Å². The summed E-state index contributed by atoms with van der Waals surface area (Å²) in [7, 11) is 0. The van der Waals surface area contributed by atoms with E-state index >= 15 is 0 Å². The topological polar surface area (TPSA) is 41.0 Å². The number of fused-ring (bicyclic) bond motifs is 4. The molecule has 19 heavy (non-hydrogen) atoms. The van der Waals surface area contributed by atoms with E-state index in [0.29, 0.717) is 6.04 Å². The van der Waals surface area contributed by atoms with E-state index in [2.05, 4.69) is 26.3 Å². The predicted octanol–water partition coefficient (Wildman–Crippen LogP) is 2.14. The minimum atomic E-state index is 0.542. The monoisotopic (exact) mass is 254 g/mol. The normalized spacial score (nSPS) is 29.6. The van der Waals surface area contributed by atoms with Crippen LogP contribution in [0.1, 0.15) is 12.8 Å². The van der Waals surface area contributed by atoms with Crippen LogP contribution < -0.4 is 5.32 Å². The Balaban J connectivity index is 1.65. The Morgan fingerprint density at radius 1 is 1.11 bits per heavy atom. The van der Waals surface area contributed by atoms with Crippen LogP contribution in [0.2, 0.25) is 0 Å². The summed E-state index contributed by atoms with van der Waals surface area (Å²) in [4.78, 5) is 11.3. The summed E-state index contributed by atoms with van der Waals surface area (Å²) < 4.78 is 0. The molecule has 0 spiro atoms. The van der Waals surface area contributed by atoms with Crippen LogP contribution in [-0.4, -0.2) is 40.5 Å². The Bertz CT molecular complexity index is 584. The zero-order chi connectivity index (χ0) is 12.7. The maximum Gasteiger partial charge on any atom is 0.137 e. The number of aromatic nitrogens is 2. The number of rotatable bonds is 2. The third kappa shape index (κ3) is 1.96. The molecule has 1 unspecified atom stereocenters. The van der Waals surface area contributed by atoms with Gasteiger partial charge in [-0.1, -0.05) is 12.1 Å². The maximum atomic E-state index is 4.44. The summed E-state index contributed by atoms with van der Waals surface area (Å²) in [5.74, 6) is 1.79. The fourth-order valence-corrected chi connectivity index (χ4v) is 3.42. The van der Waals surface area contributed by atoms with E-state index in [-0.39, 0.29) is 0 Å². The zero-order valence-corrected chi connectivity index (χ0v) is 10.9. The van der Waals surface area contributed by atoms with Crippen LogP contribution >= 0.6 is 0 Å². The lowest BCUT2D eigenvalue weighted by atomic mass is 9.84. The summed E-state index contributed by atoms with van der Waals surface area (Å²) in [6.07, 6.45) is 4.30. The number of benzene rings is 1. The van der Waals surface area contributed by atoms with Crippen LogP contribution in [0.15, 0.2) is 30.6 Å². The Hall–Kier alpha value is -1.68. The second-order valence-electron chi connectivity index (χ2n) is 5.63. The van der Waals surface area contributed by atoms with Gasteiger partial charge in [0.1, 0.15) is 12.1 Å². The molecule has 0 saturated carbocycles. The van der Waals surface area contributed by atoms with E-state index < -0.39 is 0 Å². The molecule has 3 fully saturated rings. The van der Waals surface area contributed by atoms with E-state index in [1.807, 2.05) is 18.2 Å². The summed E-state index contributed by atoms with van der Waals surface area (Å²) in [6.45, 7) is 3.70. The molecule has 1 aromatic carbocycles. The maximum absolute atomic E-state index is 4.44. The Labute approximate surface area is 112 Å². The molecule has 5 rings (SSSR count). The van der Waals surface area contributed by atoms with Gasteiger partial charge in [-0.3, -0.25) is 0 Å². The Kier molecular flexibility index (Phi) is 2.62. The van der Waals surface area contributed by atoms with Crippen molar-refractivity contribution >= 4 is 16.7 Å². The molecule has 2 bridgehead atoms. The molecule has 1 aromatic heterocycles. The highest BCUT2D eigenvalue weighted by atomic mass is 15.2. The number of anilines is 1. The lowest BCUT2D eigenvalue weighted by molar-refractivity contribution is 0.0974. The molecule has 0 radical (unpaired) electrons. The summed E-state index contributed by atoms with van der Waals surface area (Å²) in [5, 5.41) is 4.79. The molecular weight excluding hydrogens is 236 g/mol. The number of hydrogen-bond acceptors (Lipinski definition) is 4. The lowest BCUT2D eigenvalue weighted by Gasteiger charge is -2.45. The molecule has 1 N–H and O–H groups in total. The standard InChI is InChI=1S/C15H18N4/c1-2-4-13-12(3-1)15(17-10-16-13)18-14-9-19-7-5-11(14)6-8-19/h1-4,10-11,14H,5-9H2,(H,16,17,18). The van der Waals surface area contributed by atoms with E-state index in [1.165, 1.54) is 25.9 Å². The first-order valence-corrected chi connectivity index (χ1v) is 7.09. The average Bonchev–Trinajstić information content (AvgIpc) is 2.49. The second-order valence-corrected chi connectivity index (χ2v) is 5.63. The molecule has 4 heteroatoms. The van der Waals surface area contributed by atoms with Gasteiger partial charge in [-0.15, -0.1) is 0 Å². The van der Waals surface area contributed by atoms with E-state index in [1.54, 1.807) is 6.33 Å². The van der Waals surface area contributed by atoms with E-state index in [9.17, 15) is 0 Å². The molecule has 98 valence electrons. The zero-order valence-electron chi connectivity index (χ0n) is 10.9. The molecule has 4 nitrogen and oxygen atoms in total. The van der Waals surface area contributed by atoms with Gasteiger partial charge in [0.25, 0.3) is 0 Å². The number of nitrogens with one attached hydrogen (secondary N) is 1. The van der Waals surface area contributed by atoms with Gasteiger partial charge in [-0.25, -0.2) is 9.97 Å². The first-order chi connectivity index (χ1) is 9.40. The lowest BCUT2D eigenvalue weighted by Crippen LogP contribution is -2.53. The summed E-state index contributed by atoms with van der Waals surface area (Å²) in [5.41, 5.74) is 1.02. The number of piperidine rings is 3. The highest BCUT2D eigenvalue weighted by Gasteiger charge is 2.34. The summed E-state index contributed by atoms with van der Waals surface area (Å²) in [6, 6.07) is 8.75. The molecule has 4 heterocycles. The fraction of sp³-hybridized carbons (Fsp3) is 0.467. The number of hydrogen-bond donors (Lipinski definition) is 1. The second kappa shape index (κ2) is 4.46. The van der Waals surface area contributed by atoms with Gasteiger partial charge in [0.05, 0.1) is 5.52 Å². The van der Waals surface area contributed by atoms with Crippen molar-refractivity contribution in [3.63, 3.8) is 0 Å². The van der Waals surface area contributed by atoms with Gasteiger partial charge < -0.3 is 10.2 Å². The van der Waals surface area contributed by atoms with Crippen molar-refractivity contribution in [3.05, 3.63) is 30.6 Å². The highest BCUT2D eigenvalue weighted by molar-refractivity contribution is 5.88. The van der Waals surface area contributed by atoms with Gasteiger partial charge >= 0.3 is 0 Å². The molecule has 2 aromatic rings. The largest absolute Gasteiger partial charge is 0.365 e. The molecule has 0 aliphatic carbocycles. The van der Waals surface area contributed by atoms with Crippen molar-refractivity contribution in [1.82, 2.24) is 14.9 Å². The SMILES string of the molecule is c1ccc2c(NC3CN4CCC3CC4)ncnc2c1. The molecule has 3 aliphatic rings. The first-order valence-electron chi connectivity index (χ1n) is 7.09. The van der Waals surface area contributed by atoms with Crippen molar-refractivity contribution in [2.24, 2.45) is 5.92 Å². The van der Waals surface area contributed by atoms with Crippen molar-refractivity contribution in [2.75, 3.05) is 25.0 Å². The molecular formula is C15H18N4. The van der Waals surface area contributed by atoms with Crippen LogP contribution in [0, 0.1) is 5.92 Å². The minimum Gasteiger partial charge on any atom is -0.365 e. The number of para-hydroxylation sites is 1. The Morgan fingerprint density at radius 3 is 2.74 bits per heavy atom. The average molecular weight is 254 g/mol. The van der Waals surface area contributed by atoms with Gasteiger partial charge in [0, 0.05) is 18.0 Å². The van der Waals surface area contributed by atoms with Gasteiger partial charge in [0.2, 0.25) is 0 Å². The summed E-state index contributed by atoms with van der Waals surface area (Å²) >= 11 is 0. The van der Waals surface area contributed by atoms with Crippen molar-refractivity contribution in [2.45, 2.75) is 18.9 Å². The predicted molar refractivity (Wildman–Crippen MR) is 76.1 cm³/mol. The minimum absolute atomic E-state index is 0.542. The quantitative estimate of drug-likeness (QED) is 0.891. The molecule has 0 amide bonds. The van der Waals surface area contributed by atoms with Crippen LogP contribution in [-0.2, 0) is 0 Å². The smallest absolute Gasteiger partial charge is 0.137 e. The van der Waals surface area contributed by atoms with Crippen LogP contribution in [0.25, 0.3) is 10.9 Å². The molecule has 3 aliphatic heterocycles. The molecule has 3 saturated heterocycles. The van der Waals surface area contributed by atoms with Crippen LogP contribution in [0.5, 0.6) is 0 Å². The first kappa shape index (κ1) is 11.2. The molecule has 1 atom stereocenters. The van der Waals surface area contributed by atoms with Crippen molar-refractivity contribution in [1.29, 1.82) is 0 Å². The third-order valence-corrected chi connectivity index (χ3v) is 4.52. The third-order valence-electron chi connectivity index (χ3n) is 4.52. The Morgan fingerprint density at radius 2 is 1.95 bits per heavy atom. The number of nitrogens with zero attached hydrogens (tertiary/aromatic N) is 3. The fourth-order valence-electron chi connectivity index (χ4n) is 3.42. The van der Waals surface area contributed by atoms with Gasteiger partial charge in [-0.2, -0.15) is 0 Å². The van der Waals surface area contributed by atoms with Crippen LogP contribution in [0.3, 0.4) is 0 Å². The van der Waals surface area contributed by atoms with Crippen LogP contribution in [0.4, 0.5) is 5.82 Å². The van der Waals surface area contributed by atoms with Crippen molar-refractivity contribution < 1.29 is 0 Å². The van der Waals surface area contributed by atoms with Gasteiger partial charge in [0.15, 0.2) is 0 Å². The van der Waals surface area contributed by atoms with E-state index in [4.69, 9.17) is 0 Å². The van der Waals surface area contributed by atoms with E-state index in [0.717, 1.165) is 29.2 Å². The van der Waals surface area contributed by atoms with Gasteiger partial charge in [-0.05, 0) is 44.0 Å². The highest BCUT2D eigenvalue weighted by Crippen LogP contribution is 2.30.